The van der Waals surface area contributed by atoms with Gasteiger partial charge in [-0.3, -0.25) is 4.79 Å². The van der Waals surface area contributed by atoms with E-state index in [4.69, 9.17) is 22.1 Å². The number of unbranched alkanes of at least 4 members (excludes halogenated alkanes) is 4. The van der Waals surface area contributed by atoms with Crippen LogP contribution < -0.4 is 11.1 Å². The third-order valence-corrected chi connectivity index (χ3v) is 6.23. The number of carbonyl (C=O) groups excluding carboxylic acids is 3. The summed E-state index contributed by atoms with van der Waals surface area (Å²) in [5.74, 6) is -6.23. The minimum absolute atomic E-state index is 0.126. The van der Waals surface area contributed by atoms with E-state index in [1.165, 1.54) is 6.92 Å². The van der Waals surface area contributed by atoms with Crippen molar-refractivity contribution in [3.63, 3.8) is 0 Å². The molecular weight excluding hydrogens is 539 g/mol. The van der Waals surface area contributed by atoms with E-state index >= 15 is 4.39 Å². The van der Waals surface area contributed by atoms with E-state index in [1.54, 1.807) is 0 Å². The van der Waals surface area contributed by atoms with Gasteiger partial charge < -0.3 is 20.5 Å². The minimum atomic E-state index is -5.19. The molecule has 1 aromatic rings. The van der Waals surface area contributed by atoms with Crippen molar-refractivity contribution in [2.75, 3.05) is 20.4 Å². The maximum Gasteiger partial charge on any atom is 0.418 e. The first kappa shape index (κ1) is 31.1. The third kappa shape index (κ3) is 7.46. The number of halogens is 6. The van der Waals surface area contributed by atoms with Crippen molar-refractivity contribution >= 4 is 29.4 Å². The Bertz CT molecular complexity index is 1130. The summed E-state index contributed by atoms with van der Waals surface area (Å²) >= 11 is 5.81. The van der Waals surface area contributed by atoms with Crippen LogP contribution in [0.1, 0.15) is 62.5 Å². The number of primary amides is 1. The Hall–Kier alpha value is -3.15. The fourth-order valence-electron chi connectivity index (χ4n) is 4.22. The minimum Gasteiger partial charge on any atom is -0.466 e. The Kier molecular flexibility index (Phi) is 11.1. The van der Waals surface area contributed by atoms with E-state index in [1.807, 2.05) is 0 Å². The van der Waals surface area contributed by atoms with Gasteiger partial charge in [-0.2, -0.15) is 13.2 Å². The molecule has 3 N–H and O–H groups in total. The highest BCUT2D eigenvalue weighted by Crippen LogP contribution is 2.47. The van der Waals surface area contributed by atoms with Gasteiger partial charge in [0.05, 0.1) is 47.1 Å². The maximum atomic E-state index is 15.1. The summed E-state index contributed by atoms with van der Waals surface area (Å²) in [4.78, 5) is 36.6. The number of methoxy groups -OCH3 is 1. The predicted octanol–water partition coefficient (Wildman–Crippen LogP) is 5.22. The van der Waals surface area contributed by atoms with E-state index in [2.05, 4.69) is 10.1 Å². The van der Waals surface area contributed by atoms with Crippen LogP contribution >= 0.6 is 11.6 Å². The summed E-state index contributed by atoms with van der Waals surface area (Å²) in [7, 11) is 0.911. The highest BCUT2D eigenvalue weighted by Gasteiger charge is 2.46. The number of alkyl halides is 4. The molecule has 1 atom stereocenters. The molecule has 1 heterocycles. The van der Waals surface area contributed by atoms with Crippen LogP contribution in [0.4, 0.5) is 22.0 Å². The van der Waals surface area contributed by atoms with Gasteiger partial charge >= 0.3 is 18.1 Å². The van der Waals surface area contributed by atoms with Crippen LogP contribution in [-0.4, -0.2) is 38.2 Å². The predicted molar refractivity (Wildman–Crippen MR) is 128 cm³/mol. The largest absolute Gasteiger partial charge is 0.466 e. The number of allylic oxidation sites excluding steroid dienone is 2. The monoisotopic (exact) mass is 566 g/mol. The number of amides is 1. The molecular formula is C25H28ClF5N2O5. The third-order valence-electron chi connectivity index (χ3n) is 5.92. The zero-order valence-corrected chi connectivity index (χ0v) is 21.5. The molecule has 7 nitrogen and oxygen atoms in total. The van der Waals surface area contributed by atoms with E-state index in [0.29, 0.717) is 37.8 Å². The molecule has 13 heteroatoms. The van der Waals surface area contributed by atoms with Crippen molar-refractivity contribution in [2.24, 2.45) is 5.73 Å². The Labute approximate surface area is 221 Å². The first-order chi connectivity index (χ1) is 17.8. The number of nitrogens with two attached hydrogens (primary N) is 1. The van der Waals surface area contributed by atoms with E-state index in [9.17, 15) is 31.9 Å². The fourth-order valence-corrected chi connectivity index (χ4v) is 4.50. The van der Waals surface area contributed by atoms with Crippen molar-refractivity contribution in [1.29, 1.82) is 0 Å². The van der Waals surface area contributed by atoms with Crippen LogP contribution in [0.3, 0.4) is 0 Å². The Balaban J connectivity index is 2.46. The lowest BCUT2D eigenvalue weighted by Gasteiger charge is -2.32. The van der Waals surface area contributed by atoms with Gasteiger partial charge in [0.2, 0.25) is 5.91 Å². The zero-order valence-electron chi connectivity index (χ0n) is 20.8. The average Bonchev–Trinajstić information content (AvgIpc) is 2.84. The van der Waals surface area contributed by atoms with Gasteiger partial charge in [-0.15, -0.1) is 0 Å². The van der Waals surface area contributed by atoms with Crippen molar-refractivity contribution < 1.29 is 45.8 Å². The number of rotatable bonds is 12. The Morgan fingerprint density at radius 3 is 2.26 bits per heavy atom. The van der Waals surface area contributed by atoms with Crippen LogP contribution in [0.15, 0.2) is 34.7 Å². The zero-order chi connectivity index (χ0) is 28.6. The van der Waals surface area contributed by atoms with Crippen molar-refractivity contribution in [1.82, 2.24) is 5.32 Å². The van der Waals surface area contributed by atoms with Gasteiger partial charge in [-0.1, -0.05) is 30.9 Å². The SMILES string of the molecule is COC(=O)C1=C(CF)NC(C)=C(C(=O)OCCCCCCCC(N)=O)C1c1c(F)ccc(Cl)c1C(F)(F)F. The lowest BCUT2D eigenvalue weighted by molar-refractivity contribution is -0.141. The molecule has 210 valence electrons. The van der Waals surface area contributed by atoms with Crippen LogP contribution in [0.25, 0.3) is 0 Å². The Morgan fingerprint density at radius 1 is 1.05 bits per heavy atom. The van der Waals surface area contributed by atoms with Gasteiger partial charge in [0, 0.05) is 17.7 Å². The lowest BCUT2D eigenvalue weighted by Crippen LogP contribution is -2.35. The molecule has 0 bridgehead atoms. The number of dihydropyridines is 1. The second kappa shape index (κ2) is 13.6. The number of hydrogen-bond acceptors (Lipinski definition) is 6. The summed E-state index contributed by atoms with van der Waals surface area (Å²) in [6.45, 7) is -0.211. The summed E-state index contributed by atoms with van der Waals surface area (Å²) < 4.78 is 81.1. The Morgan fingerprint density at radius 2 is 1.68 bits per heavy atom. The topological polar surface area (TPSA) is 108 Å². The molecule has 1 aromatic carbocycles. The number of hydrogen-bond donors (Lipinski definition) is 2. The van der Waals surface area contributed by atoms with Crippen LogP contribution in [0.5, 0.6) is 0 Å². The van der Waals surface area contributed by atoms with Crippen LogP contribution in [-0.2, 0) is 30.0 Å². The highest BCUT2D eigenvalue weighted by molar-refractivity contribution is 6.31. The number of carbonyl (C=O) groups is 3. The van der Waals surface area contributed by atoms with Crippen molar-refractivity contribution in [3.05, 3.63) is 56.6 Å². The highest BCUT2D eigenvalue weighted by atomic mass is 35.5. The van der Waals surface area contributed by atoms with E-state index in [-0.39, 0.29) is 18.7 Å². The molecule has 0 aliphatic carbocycles. The van der Waals surface area contributed by atoms with Gasteiger partial charge in [0.15, 0.2) is 0 Å². The molecule has 0 spiro atoms. The van der Waals surface area contributed by atoms with E-state index in [0.717, 1.165) is 13.5 Å². The number of ether oxygens (including phenoxy) is 2. The molecule has 2 rings (SSSR count). The summed E-state index contributed by atoms with van der Waals surface area (Å²) in [6, 6.07) is 1.36. The fraction of sp³-hybridized carbons (Fsp3) is 0.480. The second-order valence-electron chi connectivity index (χ2n) is 8.55. The summed E-state index contributed by atoms with van der Waals surface area (Å²) in [6.07, 6.45) is -1.87. The molecule has 1 aliphatic heterocycles. The maximum absolute atomic E-state index is 15.1. The molecule has 0 saturated carbocycles. The molecule has 0 radical (unpaired) electrons. The first-order valence-corrected chi connectivity index (χ1v) is 12.1. The second-order valence-corrected chi connectivity index (χ2v) is 8.96. The lowest BCUT2D eigenvalue weighted by atomic mass is 9.78. The average molecular weight is 567 g/mol. The van der Waals surface area contributed by atoms with Crippen molar-refractivity contribution in [2.45, 2.75) is 57.5 Å². The molecule has 0 saturated heterocycles. The first-order valence-electron chi connectivity index (χ1n) is 11.7. The number of esters is 2. The molecule has 1 aliphatic rings. The smallest absolute Gasteiger partial charge is 0.418 e. The number of nitrogens with one attached hydrogen (secondary N) is 1. The molecule has 0 fully saturated rings. The standard InChI is InChI=1S/C25H28ClF5N2O5/c1-13-18(24(36)38-11-7-5-3-4-6-8-17(32)34)21(20(23(35)37-2)16(12-27)33-13)19-15(28)10-9-14(26)22(19)25(29,30)31/h9-10,21,33H,3-8,11-12H2,1-2H3,(H2,32,34). The quantitative estimate of drug-likeness (QED) is 0.204. The molecule has 1 unspecified atom stereocenters. The molecule has 38 heavy (non-hydrogen) atoms. The molecule has 0 aromatic heterocycles. The van der Waals surface area contributed by atoms with Gasteiger partial charge in [0.1, 0.15) is 12.5 Å². The summed E-state index contributed by atoms with van der Waals surface area (Å²) in [5, 5.41) is 1.62. The van der Waals surface area contributed by atoms with Gasteiger partial charge in [0.25, 0.3) is 0 Å². The van der Waals surface area contributed by atoms with E-state index < -0.39 is 75.4 Å². The summed E-state index contributed by atoms with van der Waals surface area (Å²) in [5.41, 5.74) is 0.495. The van der Waals surface area contributed by atoms with Crippen molar-refractivity contribution in [3.8, 4) is 0 Å². The van der Waals surface area contributed by atoms with Crippen LogP contribution in [0, 0.1) is 5.82 Å². The van der Waals surface area contributed by atoms with Gasteiger partial charge in [-0.05, 0) is 31.9 Å². The number of benzene rings is 1. The van der Waals surface area contributed by atoms with Crippen LogP contribution in [0.2, 0.25) is 5.02 Å². The molecule has 1 amide bonds. The van der Waals surface area contributed by atoms with Gasteiger partial charge in [-0.25, -0.2) is 18.4 Å². The normalized spacial score (nSPS) is 15.8.